The van der Waals surface area contributed by atoms with Gasteiger partial charge in [0, 0.05) is 47.9 Å². The lowest BCUT2D eigenvalue weighted by atomic mass is 10.1. The highest BCUT2D eigenvalue weighted by molar-refractivity contribution is 6.34. The number of hydrogen-bond donors (Lipinski definition) is 2. The molecule has 0 aliphatic rings. The second-order valence-corrected chi connectivity index (χ2v) is 6.44. The predicted octanol–water partition coefficient (Wildman–Crippen LogP) is 3.95. The van der Waals surface area contributed by atoms with Gasteiger partial charge < -0.3 is 15.5 Å². The lowest BCUT2D eigenvalue weighted by Gasteiger charge is -2.09. The SMILES string of the molecule is CCc1c(CC(=N)/C=C\C(=O)NC)nn(C)c1Oc1cc(Cl)cc(Cl)c1. The molecule has 1 aromatic carbocycles. The van der Waals surface area contributed by atoms with Crippen LogP contribution in [0.1, 0.15) is 18.2 Å². The van der Waals surface area contributed by atoms with Gasteiger partial charge >= 0.3 is 0 Å². The van der Waals surface area contributed by atoms with E-state index < -0.39 is 0 Å². The van der Waals surface area contributed by atoms with E-state index in [0.717, 1.165) is 11.3 Å². The van der Waals surface area contributed by atoms with Crippen LogP contribution in [0, 0.1) is 5.41 Å². The molecule has 1 amide bonds. The van der Waals surface area contributed by atoms with E-state index in [1.807, 2.05) is 6.92 Å². The fourth-order valence-electron chi connectivity index (χ4n) is 2.43. The van der Waals surface area contributed by atoms with Crippen LogP contribution in [-0.4, -0.2) is 28.4 Å². The highest BCUT2D eigenvalue weighted by Crippen LogP contribution is 2.31. The van der Waals surface area contributed by atoms with Gasteiger partial charge in [-0.3, -0.25) is 4.79 Å². The van der Waals surface area contributed by atoms with Crippen LogP contribution in [0.15, 0.2) is 30.4 Å². The molecule has 2 N–H and O–H groups in total. The van der Waals surface area contributed by atoms with E-state index in [9.17, 15) is 4.79 Å². The zero-order chi connectivity index (χ0) is 19.3. The molecule has 0 saturated heterocycles. The average molecular weight is 395 g/mol. The third-order valence-corrected chi connectivity index (χ3v) is 4.05. The van der Waals surface area contributed by atoms with Crippen molar-refractivity contribution in [3.8, 4) is 11.6 Å². The van der Waals surface area contributed by atoms with Gasteiger partial charge in [-0.15, -0.1) is 0 Å². The second kappa shape index (κ2) is 8.87. The normalized spacial score (nSPS) is 11.0. The summed E-state index contributed by atoms with van der Waals surface area (Å²) in [4.78, 5) is 11.3. The van der Waals surface area contributed by atoms with Gasteiger partial charge in [0.15, 0.2) is 0 Å². The highest BCUT2D eigenvalue weighted by Gasteiger charge is 2.18. The van der Waals surface area contributed by atoms with Gasteiger partial charge in [0.05, 0.1) is 5.69 Å². The van der Waals surface area contributed by atoms with E-state index in [-0.39, 0.29) is 11.6 Å². The van der Waals surface area contributed by atoms with Crippen molar-refractivity contribution in [1.82, 2.24) is 15.1 Å². The number of halogens is 2. The van der Waals surface area contributed by atoms with Crippen LogP contribution in [0.2, 0.25) is 10.0 Å². The molecule has 0 atom stereocenters. The van der Waals surface area contributed by atoms with Crippen LogP contribution in [-0.2, 0) is 24.7 Å². The van der Waals surface area contributed by atoms with Gasteiger partial charge in [0.2, 0.25) is 11.8 Å². The molecule has 0 spiro atoms. The van der Waals surface area contributed by atoms with Gasteiger partial charge in [-0.25, -0.2) is 4.68 Å². The smallest absolute Gasteiger partial charge is 0.243 e. The van der Waals surface area contributed by atoms with Crippen molar-refractivity contribution >= 4 is 34.8 Å². The average Bonchev–Trinajstić information content (AvgIpc) is 2.86. The van der Waals surface area contributed by atoms with E-state index >= 15 is 0 Å². The van der Waals surface area contributed by atoms with E-state index in [0.29, 0.717) is 34.5 Å². The lowest BCUT2D eigenvalue weighted by Crippen LogP contribution is -2.14. The number of ether oxygens (including phenoxy) is 1. The van der Waals surface area contributed by atoms with E-state index in [4.69, 9.17) is 33.3 Å². The molecule has 0 aliphatic carbocycles. The Morgan fingerprint density at radius 1 is 1.31 bits per heavy atom. The Balaban J connectivity index is 2.25. The van der Waals surface area contributed by atoms with Crippen LogP contribution in [0.25, 0.3) is 0 Å². The summed E-state index contributed by atoms with van der Waals surface area (Å²) in [5.74, 6) is 0.832. The zero-order valence-electron chi connectivity index (χ0n) is 14.8. The quantitative estimate of drug-likeness (QED) is 0.550. The summed E-state index contributed by atoms with van der Waals surface area (Å²) in [7, 11) is 3.31. The molecule has 2 aromatic rings. The molecule has 26 heavy (non-hydrogen) atoms. The van der Waals surface area contributed by atoms with Crippen molar-refractivity contribution in [3.63, 3.8) is 0 Å². The van der Waals surface area contributed by atoms with Gasteiger partial charge in [-0.1, -0.05) is 30.1 Å². The Kier molecular flexibility index (Phi) is 6.83. The maximum atomic E-state index is 11.3. The fourth-order valence-corrected chi connectivity index (χ4v) is 2.93. The predicted molar refractivity (Wildman–Crippen MR) is 104 cm³/mol. The molecule has 0 aliphatic heterocycles. The Hall–Kier alpha value is -2.31. The van der Waals surface area contributed by atoms with Crippen molar-refractivity contribution in [3.05, 3.63) is 51.7 Å². The van der Waals surface area contributed by atoms with Crippen molar-refractivity contribution < 1.29 is 9.53 Å². The molecular formula is C18H20Cl2N4O2. The summed E-state index contributed by atoms with van der Waals surface area (Å²) >= 11 is 12.0. The van der Waals surface area contributed by atoms with Gasteiger partial charge in [-0.2, -0.15) is 5.10 Å². The number of rotatable bonds is 7. The highest BCUT2D eigenvalue weighted by atomic mass is 35.5. The molecule has 1 aromatic heterocycles. The van der Waals surface area contributed by atoms with Crippen LogP contribution in [0.3, 0.4) is 0 Å². The first-order chi connectivity index (χ1) is 12.3. The molecular weight excluding hydrogens is 375 g/mol. The number of hydrogen-bond acceptors (Lipinski definition) is 4. The van der Waals surface area contributed by atoms with Crippen LogP contribution in [0.5, 0.6) is 11.6 Å². The van der Waals surface area contributed by atoms with Crippen LogP contribution < -0.4 is 10.1 Å². The van der Waals surface area contributed by atoms with Crippen molar-refractivity contribution in [1.29, 1.82) is 5.41 Å². The van der Waals surface area contributed by atoms with Crippen LogP contribution >= 0.6 is 23.2 Å². The molecule has 0 radical (unpaired) electrons. The molecule has 6 nitrogen and oxygen atoms in total. The van der Waals surface area contributed by atoms with Gasteiger partial charge in [0.25, 0.3) is 0 Å². The number of amides is 1. The summed E-state index contributed by atoms with van der Waals surface area (Å²) in [6, 6.07) is 4.98. The maximum absolute atomic E-state index is 11.3. The summed E-state index contributed by atoms with van der Waals surface area (Å²) in [6.07, 6.45) is 3.76. The zero-order valence-corrected chi connectivity index (χ0v) is 16.3. The largest absolute Gasteiger partial charge is 0.439 e. The number of carbonyl (C=O) groups excluding carboxylic acids is 1. The second-order valence-electron chi connectivity index (χ2n) is 5.56. The van der Waals surface area contributed by atoms with E-state index in [1.54, 1.807) is 29.9 Å². The topological polar surface area (TPSA) is 80.0 Å². The summed E-state index contributed by atoms with van der Waals surface area (Å²) in [5, 5.41) is 15.9. The first kappa shape index (κ1) is 20.0. The van der Waals surface area contributed by atoms with Gasteiger partial charge in [0.1, 0.15) is 5.75 Å². The molecule has 138 valence electrons. The third-order valence-electron chi connectivity index (χ3n) is 3.62. The molecule has 2 rings (SSSR count). The summed E-state index contributed by atoms with van der Waals surface area (Å²) in [5.41, 5.74) is 1.89. The molecule has 1 heterocycles. The standard InChI is InChI=1S/C18H20Cl2N4O2/c1-4-15-16(10-13(21)5-6-17(25)22-2)23-24(3)18(15)26-14-8-11(19)7-12(20)9-14/h5-9,21H,4,10H2,1-3H3,(H,22,25)/b6-5-,21-13?. The number of carbonyl (C=O) groups is 1. The Bertz CT molecular complexity index is 839. The molecule has 0 bridgehead atoms. The number of nitrogens with zero attached hydrogens (tertiary/aromatic N) is 2. The Morgan fingerprint density at radius 2 is 1.96 bits per heavy atom. The number of allylic oxidation sites excluding steroid dienone is 1. The Labute approximate surface area is 162 Å². The summed E-state index contributed by atoms with van der Waals surface area (Å²) in [6.45, 7) is 1.99. The lowest BCUT2D eigenvalue weighted by molar-refractivity contribution is -0.116. The van der Waals surface area contributed by atoms with E-state index in [1.165, 1.54) is 19.2 Å². The van der Waals surface area contributed by atoms with Crippen molar-refractivity contribution in [2.24, 2.45) is 7.05 Å². The molecule has 8 heteroatoms. The maximum Gasteiger partial charge on any atom is 0.243 e. The molecule has 0 unspecified atom stereocenters. The van der Waals surface area contributed by atoms with Crippen LogP contribution in [0.4, 0.5) is 0 Å². The molecule has 0 saturated carbocycles. The minimum absolute atomic E-state index is 0.256. The first-order valence-electron chi connectivity index (χ1n) is 8.00. The fraction of sp³-hybridized carbons (Fsp3) is 0.278. The monoisotopic (exact) mass is 394 g/mol. The van der Waals surface area contributed by atoms with E-state index in [2.05, 4.69) is 10.4 Å². The minimum atomic E-state index is -0.256. The number of likely N-dealkylation sites (N-methyl/N-ethyl adjacent to an activating group) is 1. The van der Waals surface area contributed by atoms with Gasteiger partial charge in [-0.05, 0) is 30.7 Å². The first-order valence-corrected chi connectivity index (χ1v) is 8.75. The molecule has 0 fully saturated rings. The number of aromatic nitrogens is 2. The minimum Gasteiger partial charge on any atom is -0.439 e. The summed E-state index contributed by atoms with van der Waals surface area (Å²) < 4.78 is 7.57. The number of nitrogens with one attached hydrogen (secondary N) is 2. The number of aryl methyl sites for hydroxylation is 1. The van der Waals surface area contributed by atoms with Crippen molar-refractivity contribution in [2.45, 2.75) is 19.8 Å². The Morgan fingerprint density at radius 3 is 2.54 bits per heavy atom. The van der Waals surface area contributed by atoms with Crippen molar-refractivity contribution in [2.75, 3.05) is 7.05 Å². The number of benzene rings is 1. The third kappa shape index (κ3) is 5.09.